The van der Waals surface area contributed by atoms with Crippen molar-refractivity contribution < 1.29 is 32.0 Å². The summed E-state index contributed by atoms with van der Waals surface area (Å²) in [5.41, 5.74) is 0.472. The van der Waals surface area contributed by atoms with Crippen molar-refractivity contribution >= 4 is 11.6 Å². The Bertz CT molecular complexity index is 1260. The topological polar surface area (TPSA) is 68.0 Å². The Kier molecular flexibility index (Phi) is 6.05. The third-order valence-electron chi connectivity index (χ3n) is 6.93. The van der Waals surface area contributed by atoms with Gasteiger partial charge in [0.05, 0.1) is 30.9 Å². The van der Waals surface area contributed by atoms with Crippen LogP contribution in [0.1, 0.15) is 24.1 Å². The third-order valence-corrected chi connectivity index (χ3v) is 6.93. The SMILES string of the molecule is COc1ccc(-c2cc(C3(C(=O)N4CCN(c5cccc(C(F)(F)F)c5)CC4)CC3)no2)cc1OC. The van der Waals surface area contributed by atoms with Crippen LogP contribution in [0.15, 0.2) is 53.1 Å². The Morgan fingerprint density at radius 2 is 1.69 bits per heavy atom. The summed E-state index contributed by atoms with van der Waals surface area (Å²) in [6.45, 7) is 1.77. The van der Waals surface area contributed by atoms with E-state index in [4.69, 9.17) is 14.0 Å². The zero-order valence-corrected chi connectivity index (χ0v) is 20.0. The number of halogens is 3. The van der Waals surface area contributed by atoms with Crippen LogP contribution >= 0.6 is 0 Å². The molecule has 1 saturated carbocycles. The van der Waals surface area contributed by atoms with E-state index in [-0.39, 0.29) is 5.91 Å². The van der Waals surface area contributed by atoms with E-state index < -0.39 is 17.2 Å². The van der Waals surface area contributed by atoms with Crippen LogP contribution in [0, 0.1) is 0 Å². The average molecular weight is 502 g/mol. The lowest BCUT2D eigenvalue weighted by molar-refractivity contribution is -0.137. The maximum atomic E-state index is 13.5. The highest BCUT2D eigenvalue weighted by Crippen LogP contribution is 2.50. The lowest BCUT2D eigenvalue weighted by Gasteiger charge is -2.37. The fourth-order valence-electron chi connectivity index (χ4n) is 4.68. The van der Waals surface area contributed by atoms with Gasteiger partial charge in [0, 0.05) is 43.5 Å². The number of aromatic nitrogens is 1. The van der Waals surface area contributed by atoms with Gasteiger partial charge in [-0.25, -0.2) is 0 Å². The first kappa shape index (κ1) is 24.0. The lowest BCUT2D eigenvalue weighted by Crippen LogP contribution is -2.51. The maximum absolute atomic E-state index is 13.5. The molecule has 1 aromatic heterocycles. The highest BCUT2D eigenvalue weighted by atomic mass is 19.4. The Labute approximate surface area is 206 Å². The molecule has 190 valence electrons. The van der Waals surface area contributed by atoms with Gasteiger partial charge < -0.3 is 23.8 Å². The summed E-state index contributed by atoms with van der Waals surface area (Å²) in [5.74, 6) is 1.67. The number of hydrogen-bond acceptors (Lipinski definition) is 6. The average Bonchev–Trinajstić information content (AvgIpc) is 3.56. The molecule has 10 heteroatoms. The monoisotopic (exact) mass is 501 g/mol. The molecule has 3 aromatic rings. The van der Waals surface area contributed by atoms with Crippen molar-refractivity contribution in [3.63, 3.8) is 0 Å². The van der Waals surface area contributed by atoms with E-state index in [9.17, 15) is 18.0 Å². The van der Waals surface area contributed by atoms with E-state index in [0.29, 0.717) is 67.7 Å². The van der Waals surface area contributed by atoms with E-state index in [1.165, 1.54) is 6.07 Å². The molecule has 1 amide bonds. The van der Waals surface area contributed by atoms with Gasteiger partial charge in [-0.2, -0.15) is 13.2 Å². The van der Waals surface area contributed by atoms with Crippen molar-refractivity contribution in [2.24, 2.45) is 0 Å². The summed E-state index contributed by atoms with van der Waals surface area (Å²) < 4.78 is 55.5. The summed E-state index contributed by atoms with van der Waals surface area (Å²) in [5, 5.41) is 4.22. The lowest BCUT2D eigenvalue weighted by atomic mass is 9.99. The maximum Gasteiger partial charge on any atom is 0.416 e. The molecule has 2 aliphatic rings. The Hall–Kier alpha value is -3.69. The molecule has 0 N–H and O–H groups in total. The second-order valence-corrected chi connectivity index (χ2v) is 9.06. The van der Waals surface area contributed by atoms with E-state index in [2.05, 4.69) is 5.16 Å². The molecule has 5 rings (SSSR count). The van der Waals surface area contributed by atoms with Gasteiger partial charge in [-0.3, -0.25) is 4.79 Å². The largest absolute Gasteiger partial charge is 0.493 e. The Morgan fingerprint density at radius 1 is 0.972 bits per heavy atom. The minimum absolute atomic E-state index is 0.0154. The minimum Gasteiger partial charge on any atom is -0.493 e. The molecule has 1 saturated heterocycles. The molecule has 2 aromatic carbocycles. The number of anilines is 1. The molecule has 0 atom stereocenters. The highest BCUT2D eigenvalue weighted by Gasteiger charge is 2.55. The summed E-state index contributed by atoms with van der Waals surface area (Å²) >= 11 is 0. The summed E-state index contributed by atoms with van der Waals surface area (Å²) in [6, 6.07) is 12.5. The molecule has 0 bridgehead atoms. The second-order valence-electron chi connectivity index (χ2n) is 9.06. The van der Waals surface area contributed by atoms with Crippen LogP contribution in [-0.4, -0.2) is 56.4 Å². The molecule has 0 radical (unpaired) electrons. The molecule has 1 aliphatic heterocycles. The predicted octanol–water partition coefficient (Wildman–Crippen LogP) is 4.76. The minimum atomic E-state index is -4.39. The Balaban J connectivity index is 1.27. The molecule has 7 nitrogen and oxygen atoms in total. The third kappa shape index (κ3) is 4.36. The summed E-state index contributed by atoms with van der Waals surface area (Å²) in [7, 11) is 3.12. The van der Waals surface area contributed by atoms with Crippen LogP contribution in [-0.2, 0) is 16.4 Å². The fourth-order valence-corrected chi connectivity index (χ4v) is 4.68. The quantitative estimate of drug-likeness (QED) is 0.485. The summed E-state index contributed by atoms with van der Waals surface area (Å²) in [4.78, 5) is 17.1. The molecular formula is C26H26F3N3O4. The van der Waals surface area contributed by atoms with E-state index >= 15 is 0 Å². The zero-order chi connectivity index (χ0) is 25.5. The number of alkyl halides is 3. The van der Waals surface area contributed by atoms with Gasteiger partial charge >= 0.3 is 6.18 Å². The number of benzene rings is 2. The van der Waals surface area contributed by atoms with Gasteiger partial charge in [0.15, 0.2) is 17.3 Å². The molecule has 0 unspecified atom stereocenters. The molecule has 2 fully saturated rings. The van der Waals surface area contributed by atoms with Crippen LogP contribution in [0.3, 0.4) is 0 Å². The first-order valence-electron chi connectivity index (χ1n) is 11.7. The van der Waals surface area contributed by atoms with E-state index in [1.807, 2.05) is 11.0 Å². The van der Waals surface area contributed by atoms with E-state index in [0.717, 1.165) is 17.7 Å². The number of ether oxygens (including phenoxy) is 2. The predicted molar refractivity (Wildman–Crippen MR) is 126 cm³/mol. The molecule has 36 heavy (non-hydrogen) atoms. The van der Waals surface area contributed by atoms with Crippen molar-refractivity contribution in [1.82, 2.24) is 10.1 Å². The van der Waals surface area contributed by atoms with Crippen LogP contribution in [0.5, 0.6) is 11.5 Å². The first-order valence-corrected chi connectivity index (χ1v) is 11.7. The first-order chi connectivity index (χ1) is 17.2. The van der Waals surface area contributed by atoms with Crippen molar-refractivity contribution in [3.8, 4) is 22.8 Å². The number of piperazine rings is 1. The molecular weight excluding hydrogens is 475 g/mol. The molecule has 0 spiro atoms. The number of nitrogens with zero attached hydrogens (tertiary/aromatic N) is 3. The van der Waals surface area contributed by atoms with Gasteiger partial charge in [0.1, 0.15) is 0 Å². The normalized spacial score (nSPS) is 17.1. The highest BCUT2D eigenvalue weighted by molar-refractivity contribution is 5.91. The van der Waals surface area contributed by atoms with Gasteiger partial charge in [0.25, 0.3) is 0 Å². The number of carbonyl (C=O) groups is 1. The smallest absolute Gasteiger partial charge is 0.416 e. The second kappa shape index (κ2) is 9.07. The molecule has 1 aliphatic carbocycles. The number of hydrogen-bond donors (Lipinski definition) is 0. The Morgan fingerprint density at radius 3 is 2.33 bits per heavy atom. The number of carbonyl (C=O) groups excluding carboxylic acids is 1. The van der Waals surface area contributed by atoms with Crippen LogP contribution in [0.4, 0.5) is 18.9 Å². The van der Waals surface area contributed by atoms with Gasteiger partial charge in [-0.15, -0.1) is 0 Å². The number of rotatable bonds is 6. The van der Waals surface area contributed by atoms with Crippen LogP contribution < -0.4 is 14.4 Å². The number of methoxy groups -OCH3 is 2. The standard InChI is InChI=1S/C26H26F3N3O4/c1-34-20-7-6-17(14-22(20)35-2)21-16-23(30-36-21)25(8-9-25)24(33)32-12-10-31(11-13-32)19-5-3-4-18(15-19)26(27,28)29/h3-7,14-16H,8-13H2,1-2H3. The van der Waals surface area contributed by atoms with Gasteiger partial charge in [-0.1, -0.05) is 11.2 Å². The molecule has 2 heterocycles. The van der Waals surface area contributed by atoms with Gasteiger partial charge in [0.2, 0.25) is 5.91 Å². The van der Waals surface area contributed by atoms with E-state index in [1.54, 1.807) is 43.4 Å². The van der Waals surface area contributed by atoms with Crippen molar-refractivity contribution in [1.29, 1.82) is 0 Å². The number of amides is 1. The van der Waals surface area contributed by atoms with Crippen molar-refractivity contribution in [2.45, 2.75) is 24.4 Å². The van der Waals surface area contributed by atoms with Gasteiger partial charge in [-0.05, 0) is 49.2 Å². The van der Waals surface area contributed by atoms with Crippen molar-refractivity contribution in [3.05, 3.63) is 59.8 Å². The van der Waals surface area contributed by atoms with Crippen LogP contribution in [0.2, 0.25) is 0 Å². The fraction of sp³-hybridized carbons (Fsp3) is 0.385. The van der Waals surface area contributed by atoms with Crippen LogP contribution in [0.25, 0.3) is 11.3 Å². The van der Waals surface area contributed by atoms with Crippen molar-refractivity contribution in [2.75, 3.05) is 45.3 Å². The zero-order valence-electron chi connectivity index (χ0n) is 20.0. The summed E-state index contributed by atoms with van der Waals surface area (Å²) in [6.07, 6.45) is -3.03.